The molecule has 0 saturated carbocycles. The van der Waals surface area contributed by atoms with Gasteiger partial charge in [-0.15, -0.1) is 0 Å². The van der Waals surface area contributed by atoms with Crippen LogP contribution in [0.25, 0.3) is 0 Å². The van der Waals surface area contributed by atoms with E-state index in [1.807, 2.05) is 38.1 Å². The fourth-order valence-electron chi connectivity index (χ4n) is 2.16. The van der Waals surface area contributed by atoms with Gasteiger partial charge in [-0.25, -0.2) is 0 Å². The molecule has 0 aliphatic heterocycles. The van der Waals surface area contributed by atoms with E-state index in [1.54, 1.807) is 0 Å². The second-order valence-electron chi connectivity index (χ2n) is 5.98. The monoisotopic (exact) mass is 454 g/mol. The van der Waals surface area contributed by atoms with Gasteiger partial charge in [-0.3, -0.25) is 0 Å². The van der Waals surface area contributed by atoms with Crippen molar-refractivity contribution in [2.45, 2.75) is 40.2 Å². The molecule has 0 heterocycles. The van der Waals surface area contributed by atoms with Crippen LogP contribution >= 0.6 is 0 Å². The quantitative estimate of drug-likeness (QED) is 0.556. The molecule has 0 radical (unpaired) electrons. The highest BCUT2D eigenvalue weighted by atomic mass is 28.4. The van der Waals surface area contributed by atoms with E-state index in [0.29, 0.717) is 0 Å². The number of methoxy groups -OCH3 is 1. The normalized spacial score (nSPS) is 11.0. The molecule has 0 aliphatic rings. The van der Waals surface area contributed by atoms with E-state index in [0.717, 1.165) is 6.42 Å². The second kappa shape index (κ2) is 21.6. The highest BCUT2D eigenvalue weighted by Crippen LogP contribution is 2.11. The molecule has 1 unspecified atom stereocenters. The summed E-state index contributed by atoms with van der Waals surface area (Å²) in [6.07, 6.45) is 0.632. The number of rotatable bonds is 9. The Morgan fingerprint density at radius 3 is 1.52 bits per heavy atom. The van der Waals surface area contributed by atoms with E-state index in [4.69, 9.17) is 27.5 Å². The van der Waals surface area contributed by atoms with Gasteiger partial charge in [-0.1, -0.05) is 87.0 Å². The van der Waals surface area contributed by atoms with E-state index < -0.39 is 15.2 Å². The molecule has 0 saturated heterocycles. The third kappa shape index (κ3) is 15.8. The minimum absolute atomic E-state index is 0.182. The van der Waals surface area contributed by atoms with Crippen LogP contribution in [0.3, 0.4) is 0 Å². The van der Waals surface area contributed by atoms with Crippen LogP contribution in [0.4, 0.5) is 0 Å². The summed E-state index contributed by atoms with van der Waals surface area (Å²) in [5, 5.41) is 8.96. The summed E-state index contributed by atoms with van der Waals surface area (Å²) in [6.45, 7) is 8.31. The number of aliphatic hydroxyl groups excluding tert-OH is 1. The van der Waals surface area contributed by atoms with Crippen LogP contribution in [0, 0.1) is 6.92 Å². The summed E-state index contributed by atoms with van der Waals surface area (Å²) >= 11 is 0. The third-order valence-electron chi connectivity index (χ3n) is 3.81. The number of aliphatic hydroxyl groups is 1. The second-order valence-corrected chi connectivity index (χ2v) is 8.44. The van der Waals surface area contributed by atoms with Gasteiger partial charge in [0.25, 0.3) is 0 Å². The molecular formula is C24H42O6Si. The van der Waals surface area contributed by atoms with Crippen molar-refractivity contribution in [3.05, 3.63) is 71.8 Å². The summed E-state index contributed by atoms with van der Waals surface area (Å²) in [7, 11) is 2.73. The molecule has 2 rings (SSSR count). The Morgan fingerprint density at radius 1 is 0.806 bits per heavy atom. The Morgan fingerprint density at radius 2 is 1.26 bits per heavy atom. The number of benzene rings is 2. The van der Waals surface area contributed by atoms with E-state index in [9.17, 15) is 0 Å². The number of hydrogen-bond acceptors (Lipinski definition) is 6. The predicted octanol–water partition coefficient (Wildman–Crippen LogP) is 4.66. The lowest BCUT2D eigenvalue weighted by Gasteiger charge is -2.27. The molecule has 0 spiro atoms. The van der Waals surface area contributed by atoms with E-state index >= 15 is 0 Å². The first-order valence-electron chi connectivity index (χ1n) is 10.5. The lowest BCUT2D eigenvalue weighted by molar-refractivity contribution is -0.0580. The molecule has 1 atom stereocenters. The molecule has 6 nitrogen and oxygen atoms in total. The average molecular weight is 455 g/mol. The minimum Gasteiger partial charge on any atom is -0.394 e. The standard InChI is InChI=1S/C8H10.C7H18O6Si.C7H8.C2H6/c1-2-8-6-4-3-5-7-8;1-9-6-7(5-8)13-14(10-2,11-3)12-4;1-7-5-3-2-4-6-7;1-2/h3-7H,2H2,1H3;7-8H,5-6H2,1-4H3;2-6H,1H3;1-2H3. The Labute approximate surface area is 190 Å². The van der Waals surface area contributed by atoms with Crippen molar-refractivity contribution in [1.82, 2.24) is 0 Å². The maximum absolute atomic E-state index is 8.96. The van der Waals surface area contributed by atoms with Crippen LogP contribution in [0.2, 0.25) is 0 Å². The van der Waals surface area contributed by atoms with Crippen LogP contribution in [-0.4, -0.2) is 61.9 Å². The van der Waals surface area contributed by atoms with Gasteiger partial charge in [0.2, 0.25) is 0 Å². The summed E-state index contributed by atoms with van der Waals surface area (Å²) < 4.78 is 25.3. The topological polar surface area (TPSA) is 66.4 Å². The zero-order chi connectivity index (χ0) is 24.0. The maximum atomic E-state index is 8.96. The van der Waals surface area contributed by atoms with E-state index in [1.165, 1.54) is 39.6 Å². The first-order valence-corrected chi connectivity index (χ1v) is 12.1. The zero-order valence-corrected chi connectivity index (χ0v) is 21.5. The van der Waals surface area contributed by atoms with Gasteiger partial charge in [0.05, 0.1) is 19.3 Å². The number of hydrogen-bond donors (Lipinski definition) is 1. The largest absolute Gasteiger partial charge is 0.679 e. The SMILES string of the molecule is CC.CCc1ccccc1.COCC(CO)O[Si](OC)(OC)OC.Cc1ccccc1. The van der Waals surface area contributed by atoms with Crippen LogP contribution in [0.1, 0.15) is 31.9 Å². The summed E-state index contributed by atoms with van der Waals surface area (Å²) in [5.41, 5.74) is 2.73. The molecule has 178 valence electrons. The van der Waals surface area contributed by atoms with Crippen LogP contribution in [0.15, 0.2) is 60.7 Å². The van der Waals surface area contributed by atoms with E-state index in [2.05, 4.69) is 50.2 Å². The zero-order valence-electron chi connectivity index (χ0n) is 20.5. The predicted molar refractivity (Wildman–Crippen MR) is 129 cm³/mol. The van der Waals surface area contributed by atoms with Crippen LogP contribution < -0.4 is 0 Å². The fourth-order valence-corrected chi connectivity index (χ4v) is 3.50. The Kier molecular flexibility index (Phi) is 22.1. The lowest BCUT2D eigenvalue weighted by Crippen LogP contribution is -2.50. The molecule has 2 aromatic rings. The van der Waals surface area contributed by atoms with Crippen molar-refractivity contribution in [2.75, 3.05) is 41.7 Å². The van der Waals surface area contributed by atoms with Gasteiger partial charge in [-0.2, -0.15) is 0 Å². The maximum Gasteiger partial charge on any atom is 0.679 e. The first-order chi connectivity index (χ1) is 15.0. The summed E-state index contributed by atoms with van der Waals surface area (Å²) in [6, 6.07) is 20.7. The van der Waals surface area contributed by atoms with Crippen molar-refractivity contribution in [3.8, 4) is 0 Å². The van der Waals surface area contributed by atoms with E-state index in [-0.39, 0.29) is 13.2 Å². The third-order valence-corrected chi connectivity index (χ3v) is 5.93. The molecule has 0 aliphatic carbocycles. The summed E-state index contributed by atoms with van der Waals surface area (Å²) in [5.74, 6) is 0. The molecule has 2 aromatic carbocycles. The van der Waals surface area contributed by atoms with Crippen molar-refractivity contribution in [2.24, 2.45) is 0 Å². The molecule has 0 aromatic heterocycles. The number of ether oxygens (including phenoxy) is 1. The van der Waals surface area contributed by atoms with Crippen LogP contribution in [0.5, 0.6) is 0 Å². The van der Waals surface area contributed by atoms with Gasteiger partial charge in [-0.05, 0) is 18.9 Å². The lowest BCUT2D eigenvalue weighted by atomic mass is 10.2. The van der Waals surface area contributed by atoms with Crippen LogP contribution in [-0.2, 0) is 28.9 Å². The van der Waals surface area contributed by atoms with Crippen molar-refractivity contribution >= 4 is 9.05 Å². The highest BCUT2D eigenvalue weighted by molar-refractivity contribution is 6.53. The fraction of sp³-hybridized carbons (Fsp3) is 0.500. The first kappa shape index (κ1) is 31.6. The smallest absolute Gasteiger partial charge is 0.394 e. The molecule has 31 heavy (non-hydrogen) atoms. The van der Waals surface area contributed by atoms with Crippen molar-refractivity contribution < 1.29 is 27.5 Å². The average Bonchev–Trinajstić information content (AvgIpc) is 2.85. The molecule has 0 amide bonds. The molecule has 0 bridgehead atoms. The molecule has 1 N–H and O–H groups in total. The van der Waals surface area contributed by atoms with Gasteiger partial charge in [0, 0.05) is 28.4 Å². The van der Waals surface area contributed by atoms with Crippen molar-refractivity contribution in [1.29, 1.82) is 0 Å². The highest BCUT2D eigenvalue weighted by Gasteiger charge is 2.44. The Bertz CT molecular complexity index is 585. The van der Waals surface area contributed by atoms with Gasteiger partial charge in [0.15, 0.2) is 0 Å². The van der Waals surface area contributed by atoms with Gasteiger partial charge >= 0.3 is 9.05 Å². The van der Waals surface area contributed by atoms with Gasteiger partial charge in [0.1, 0.15) is 0 Å². The van der Waals surface area contributed by atoms with Crippen molar-refractivity contribution in [3.63, 3.8) is 0 Å². The number of aryl methyl sites for hydroxylation is 2. The minimum atomic E-state index is -3.08. The molecule has 0 fully saturated rings. The summed E-state index contributed by atoms with van der Waals surface area (Å²) in [4.78, 5) is 0. The van der Waals surface area contributed by atoms with Gasteiger partial charge < -0.3 is 27.5 Å². The Hall–Kier alpha value is -1.58. The molecule has 7 heteroatoms. The molecular weight excluding hydrogens is 412 g/mol. The Balaban J connectivity index is 0.